The van der Waals surface area contributed by atoms with Crippen LogP contribution >= 0.6 is 23.2 Å². The van der Waals surface area contributed by atoms with Gasteiger partial charge in [-0.25, -0.2) is 0 Å². The number of rotatable bonds is 3. The number of nitrogens with two attached hydrogens (primary N) is 1. The number of nitrogens with zero attached hydrogens (tertiary/aromatic N) is 1. The Morgan fingerprint density at radius 1 is 1.25 bits per heavy atom. The molecule has 0 saturated heterocycles. The summed E-state index contributed by atoms with van der Waals surface area (Å²) in [5.74, 6) is 6.03. The Balaban J connectivity index is 1.97. The minimum absolute atomic E-state index is 0.0130. The van der Waals surface area contributed by atoms with Gasteiger partial charge in [0.2, 0.25) is 0 Å². The number of fused-ring (bicyclic) bond motifs is 1. The normalized spacial score (nSPS) is 18.9. The lowest BCUT2D eigenvalue weighted by Crippen LogP contribution is -2.32. The van der Waals surface area contributed by atoms with Crippen molar-refractivity contribution in [1.82, 2.24) is 10.4 Å². The van der Waals surface area contributed by atoms with Crippen LogP contribution in [-0.4, -0.2) is 4.98 Å². The van der Waals surface area contributed by atoms with Crippen molar-refractivity contribution in [3.63, 3.8) is 0 Å². The fraction of sp³-hybridized carbons (Fsp3) is 0.267. The highest BCUT2D eigenvalue weighted by molar-refractivity contribution is 6.42. The van der Waals surface area contributed by atoms with E-state index >= 15 is 0 Å². The van der Waals surface area contributed by atoms with E-state index in [1.165, 1.54) is 5.56 Å². The standard InChI is InChI=1S/C15H15Cl2N3/c16-12-6-4-10(8-13(12)17)15(20-18)11-5-3-9-2-1-7-19-14(9)11/h1-2,4,6-8,11,15,20H,3,5,18H2. The van der Waals surface area contributed by atoms with Crippen LogP contribution in [0.1, 0.15) is 35.2 Å². The summed E-state index contributed by atoms with van der Waals surface area (Å²) >= 11 is 12.1. The van der Waals surface area contributed by atoms with E-state index in [0.717, 1.165) is 24.1 Å². The molecule has 1 aliphatic carbocycles. The van der Waals surface area contributed by atoms with Gasteiger partial charge in [0.15, 0.2) is 0 Å². The van der Waals surface area contributed by atoms with Crippen LogP contribution in [0.15, 0.2) is 36.5 Å². The van der Waals surface area contributed by atoms with Crippen LogP contribution in [0.4, 0.5) is 0 Å². The number of benzene rings is 1. The van der Waals surface area contributed by atoms with Crippen molar-refractivity contribution in [3.8, 4) is 0 Å². The lowest BCUT2D eigenvalue weighted by atomic mass is 9.91. The monoisotopic (exact) mass is 307 g/mol. The molecule has 0 radical (unpaired) electrons. The van der Waals surface area contributed by atoms with Gasteiger partial charge in [-0.15, -0.1) is 0 Å². The second-order valence-corrected chi connectivity index (χ2v) is 5.83. The van der Waals surface area contributed by atoms with Gasteiger partial charge < -0.3 is 0 Å². The molecule has 104 valence electrons. The van der Waals surface area contributed by atoms with Crippen molar-refractivity contribution >= 4 is 23.2 Å². The molecule has 1 aromatic heterocycles. The van der Waals surface area contributed by atoms with Gasteiger partial charge in [0, 0.05) is 17.8 Å². The molecule has 0 bridgehead atoms. The molecular weight excluding hydrogens is 293 g/mol. The Labute approximate surface area is 128 Å². The first-order valence-electron chi connectivity index (χ1n) is 6.55. The van der Waals surface area contributed by atoms with Gasteiger partial charge in [0.25, 0.3) is 0 Å². The number of hydrazine groups is 1. The Morgan fingerprint density at radius 3 is 2.85 bits per heavy atom. The molecule has 20 heavy (non-hydrogen) atoms. The summed E-state index contributed by atoms with van der Waals surface area (Å²) in [6.45, 7) is 0. The number of aromatic nitrogens is 1. The lowest BCUT2D eigenvalue weighted by molar-refractivity contribution is 0.447. The average molecular weight is 308 g/mol. The molecule has 1 aliphatic rings. The van der Waals surface area contributed by atoms with Gasteiger partial charge in [0.1, 0.15) is 0 Å². The summed E-state index contributed by atoms with van der Waals surface area (Å²) in [6.07, 6.45) is 3.90. The third-order valence-electron chi connectivity index (χ3n) is 3.89. The van der Waals surface area contributed by atoms with Crippen LogP contribution in [0, 0.1) is 0 Å². The van der Waals surface area contributed by atoms with E-state index in [-0.39, 0.29) is 12.0 Å². The van der Waals surface area contributed by atoms with Gasteiger partial charge in [-0.3, -0.25) is 16.3 Å². The van der Waals surface area contributed by atoms with Crippen LogP contribution in [0.25, 0.3) is 0 Å². The summed E-state index contributed by atoms with van der Waals surface area (Å²) < 4.78 is 0. The highest BCUT2D eigenvalue weighted by Gasteiger charge is 2.31. The van der Waals surface area contributed by atoms with E-state index in [2.05, 4.69) is 16.5 Å². The third-order valence-corrected chi connectivity index (χ3v) is 4.63. The van der Waals surface area contributed by atoms with Gasteiger partial charge in [-0.1, -0.05) is 35.3 Å². The number of hydrogen-bond acceptors (Lipinski definition) is 3. The van der Waals surface area contributed by atoms with Crippen molar-refractivity contribution in [3.05, 3.63) is 63.4 Å². The minimum atomic E-state index is -0.0130. The minimum Gasteiger partial charge on any atom is -0.271 e. The summed E-state index contributed by atoms with van der Waals surface area (Å²) in [5, 5.41) is 1.10. The van der Waals surface area contributed by atoms with E-state index in [1.54, 1.807) is 6.07 Å². The van der Waals surface area contributed by atoms with Crippen LogP contribution in [0.3, 0.4) is 0 Å². The lowest BCUT2D eigenvalue weighted by Gasteiger charge is -2.23. The van der Waals surface area contributed by atoms with Crippen molar-refractivity contribution in [2.24, 2.45) is 5.84 Å². The zero-order chi connectivity index (χ0) is 14.1. The highest BCUT2D eigenvalue weighted by atomic mass is 35.5. The van der Waals surface area contributed by atoms with Gasteiger partial charge in [0.05, 0.1) is 16.1 Å². The first-order chi connectivity index (χ1) is 9.70. The van der Waals surface area contributed by atoms with Crippen LogP contribution in [0.2, 0.25) is 10.0 Å². The molecule has 3 nitrogen and oxygen atoms in total. The quantitative estimate of drug-likeness (QED) is 0.672. The van der Waals surface area contributed by atoms with Crippen LogP contribution in [0.5, 0.6) is 0 Å². The molecule has 0 spiro atoms. The van der Waals surface area contributed by atoms with Gasteiger partial charge >= 0.3 is 0 Å². The molecular formula is C15H15Cl2N3. The second-order valence-electron chi connectivity index (χ2n) is 5.01. The van der Waals surface area contributed by atoms with Crippen molar-refractivity contribution in [1.29, 1.82) is 0 Å². The Morgan fingerprint density at radius 2 is 2.10 bits per heavy atom. The summed E-state index contributed by atoms with van der Waals surface area (Å²) in [5.41, 5.74) is 6.37. The predicted octanol–water partition coefficient (Wildman–Crippen LogP) is 3.62. The summed E-state index contributed by atoms with van der Waals surface area (Å²) in [4.78, 5) is 4.52. The van der Waals surface area contributed by atoms with Gasteiger partial charge in [-0.05, 0) is 42.2 Å². The largest absolute Gasteiger partial charge is 0.271 e. The smallest absolute Gasteiger partial charge is 0.0595 e. The molecule has 2 atom stereocenters. The number of nitrogens with one attached hydrogen (secondary N) is 1. The molecule has 2 aromatic rings. The Hall–Kier alpha value is -1.13. The zero-order valence-corrected chi connectivity index (χ0v) is 12.3. The average Bonchev–Trinajstić information content (AvgIpc) is 2.88. The van der Waals surface area contributed by atoms with Crippen molar-refractivity contribution in [2.75, 3.05) is 0 Å². The van der Waals surface area contributed by atoms with E-state index < -0.39 is 0 Å². The van der Waals surface area contributed by atoms with E-state index in [4.69, 9.17) is 29.0 Å². The Bertz CT molecular complexity index is 630. The zero-order valence-electron chi connectivity index (χ0n) is 10.8. The highest BCUT2D eigenvalue weighted by Crippen LogP contribution is 2.41. The SMILES string of the molecule is NNC(c1ccc(Cl)c(Cl)c1)C1CCc2cccnc21. The third kappa shape index (κ3) is 2.42. The fourth-order valence-electron chi connectivity index (χ4n) is 2.92. The van der Waals surface area contributed by atoms with Crippen molar-refractivity contribution in [2.45, 2.75) is 24.8 Å². The second kappa shape index (κ2) is 5.70. The Kier molecular flexibility index (Phi) is 3.94. The first kappa shape index (κ1) is 13.8. The van der Waals surface area contributed by atoms with Crippen molar-refractivity contribution < 1.29 is 0 Å². The molecule has 0 amide bonds. The molecule has 1 heterocycles. The van der Waals surface area contributed by atoms with Crippen LogP contribution < -0.4 is 11.3 Å². The molecule has 2 unspecified atom stereocenters. The number of aryl methyl sites for hydroxylation is 1. The summed E-state index contributed by atoms with van der Waals surface area (Å²) in [7, 11) is 0. The topological polar surface area (TPSA) is 50.9 Å². The van der Waals surface area contributed by atoms with E-state index in [0.29, 0.717) is 10.0 Å². The molecule has 3 N–H and O–H groups in total. The fourth-order valence-corrected chi connectivity index (χ4v) is 3.23. The molecule has 5 heteroatoms. The van der Waals surface area contributed by atoms with Crippen LogP contribution in [-0.2, 0) is 6.42 Å². The maximum absolute atomic E-state index is 6.11. The molecule has 1 aromatic carbocycles. The number of pyridine rings is 1. The number of halogens is 2. The maximum atomic E-state index is 6.11. The molecule has 3 rings (SSSR count). The first-order valence-corrected chi connectivity index (χ1v) is 7.31. The molecule has 0 fully saturated rings. The van der Waals surface area contributed by atoms with Gasteiger partial charge in [-0.2, -0.15) is 0 Å². The number of hydrogen-bond donors (Lipinski definition) is 2. The predicted molar refractivity (Wildman–Crippen MR) is 81.8 cm³/mol. The van der Waals surface area contributed by atoms with E-state index in [1.807, 2.05) is 24.4 Å². The maximum Gasteiger partial charge on any atom is 0.0595 e. The van der Waals surface area contributed by atoms with E-state index in [9.17, 15) is 0 Å². The molecule has 0 aliphatic heterocycles. The summed E-state index contributed by atoms with van der Waals surface area (Å²) in [6, 6.07) is 9.73. The molecule has 0 saturated carbocycles.